The Morgan fingerprint density at radius 2 is 1.73 bits per heavy atom. The van der Waals surface area contributed by atoms with Gasteiger partial charge in [-0.3, -0.25) is 13.9 Å². The van der Waals surface area contributed by atoms with Crippen LogP contribution in [0.25, 0.3) is 0 Å². The number of nitrogens with zero attached hydrogens (tertiary/aromatic N) is 1. The molecule has 0 spiro atoms. The summed E-state index contributed by atoms with van der Waals surface area (Å²) in [5, 5.41) is 5.55. The molecule has 30 heavy (non-hydrogen) atoms. The Morgan fingerprint density at radius 1 is 1.07 bits per heavy atom. The van der Waals surface area contributed by atoms with Gasteiger partial charge in [0.15, 0.2) is 0 Å². The zero-order valence-electron chi connectivity index (χ0n) is 18.0. The second-order valence-electron chi connectivity index (χ2n) is 7.48. The highest BCUT2D eigenvalue weighted by atomic mass is 32.2. The third-order valence-corrected chi connectivity index (χ3v) is 5.62. The van der Waals surface area contributed by atoms with Crippen LogP contribution in [0.1, 0.15) is 43.1 Å². The Labute approximate surface area is 178 Å². The van der Waals surface area contributed by atoms with Gasteiger partial charge in [0.1, 0.15) is 6.04 Å². The van der Waals surface area contributed by atoms with Crippen LogP contribution in [0.2, 0.25) is 0 Å². The molecule has 7 nitrogen and oxygen atoms in total. The van der Waals surface area contributed by atoms with Crippen LogP contribution in [0.5, 0.6) is 0 Å². The molecule has 0 heterocycles. The van der Waals surface area contributed by atoms with E-state index in [0.717, 1.165) is 16.1 Å². The van der Waals surface area contributed by atoms with Crippen LogP contribution in [0.15, 0.2) is 48.5 Å². The van der Waals surface area contributed by atoms with Crippen LogP contribution >= 0.6 is 0 Å². The Hall–Kier alpha value is -2.87. The van der Waals surface area contributed by atoms with Crippen molar-refractivity contribution in [3.05, 3.63) is 59.7 Å². The van der Waals surface area contributed by atoms with Crippen molar-refractivity contribution in [1.82, 2.24) is 5.32 Å². The topological polar surface area (TPSA) is 95.6 Å². The van der Waals surface area contributed by atoms with E-state index >= 15 is 0 Å². The molecule has 0 aliphatic heterocycles. The van der Waals surface area contributed by atoms with Crippen LogP contribution in [-0.2, 0) is 14.8 Å². The first-order valence-corrected chi connectivity index (χ1v) is 11.7. The number of amides is 2. The molecule has 0 aromatic heterocycles. The molecule has 8 heteroatoms. The maximum Gasteiger partial charge on any atom is 0.253 e. The summed E-state index contributed by atoms with van der Waals surface area (Å²) in [6.07, 6.45) is 1.34. The predicted molar refractivity (Wildman–Crippen MR) is 120 cm³/mol. The normalized spacial score (nSPS) is 12.3. The predicted octanol–water partition coefficient (Wildman–Crippen LogP) is 3.32. The summed E-state index contributed by atoms with van der Waals surface area (Å²) in [6.45, 7) is 7.29. The first-order valence-electron chi connectivity index (χ1n) is 9.81. The number of hydrogen-bond donors (Lipinski definition) is 2. The van der Waals surface area contributed by atoms with Gasteiger partial charge in [-0.05, 0) is 57.0 Å². The van der Waals surface area contributed by atoms with Crippen LogP contribution in [0, 0.1) is 6.92 Å². The zero-order chi connectivity index (χ0) is 22.5. The summed E-state index contributed by atoms with van der Waals surface area (Å²) in [4.78, 5) is 25.6. The highest BCUT2D eigenvalue weighted by molar-refractivity contribution is 7.92. The molecule has 2 rings (SSSR count). The Balaban J connectivity index is 2.39. The van der Waals surface area contributed by atoms with Crippen molar-refractivity contribution in [2.45, 2.75) is 46.2 Å². The molecule has 1 atom stereocenters. The number of hydrogen-bond acceptors (Lipinski definition) is 4. The zero-order valence-corrected chi connectivity index (χ0v) is 18.8. The second kappa shape index (κ2) is 9.75. The summed E-state index contributed by atoms with van der Waals surface area (Å²) in [6, 6.07) is 12.6. The monoisotopic (exact) mass is 431 g/mol. The summed E-state index contributed by atoms with van der Waals surface area (Å²) >= 11 is 0. The largest absolute Gasteiger partial charge is 0.350 e. The van der Waals surface area contributed by atoms with Gasteiger partial charge in [-0.2, -0.15) is 0 Å². The fourth-order valence-electron chi connectivity index (χ4n) is 3.17. The molecule has 2 amide bonds. The first-order chi connectivity index (χ1) is 14.0. The van der Waals surface area contributed by atoms with Crippen molar-refractivity contribution in [3.63, 3.8) is 0 Å². The van der Waals surface area contributed by atoms with E-state index in [1.807, 2.05) is 26.8 Å². The highest BCUT2D eigenvalue weighted by Gasteiger charge is 2.32. The quantitative estimate of drug-likeness (QED) is 0.670. The Bertz CT molecular complexity index is 1020. The number of rotatable bonds is 8. The Morgan fingerprint density at radius 3 is 2.30 bits per heavy atom. The van der Waals surface area contributed by atoms with Gasteiger partial charge in [0, 0.05) is 6.04 Å². The van der Waals surface area contributed by atoms with E-state index in [9.17, 15) is 18.0 Å². The molecule has 2 aromatic carbocycles. The average Bonchev–Trinajstić information content (AvgIpc) is 2.64. The summed E-state index contributed by atoms with van der Waals surface area (Å²) in [5.41, 5.74) is 1.95. The van der Waals surface area contributed by atoms with E-state index in [4.69, 9.17) is 0 Å². The molecule has 0 bridgehead atoms. The van der Waals surface area contributed by atoms with Crippen molar-refractivity contribution in [1.29, 1.82) is 0 Å². The lowest BCUT2D eigenvalue weighted by Gasteiger charge is -2.30. The van der Waals surface area contributed by atoms with E-state index in [1.54, 1.807) is 49.4 Å². The third-order valence-electron chi connectivity index (χ3n) is 4.44. The molecule has 0 aliphatic carbocycles. The van der Waals surface area contributed by atoms with Crippen LogP contribution in [0.3, 0.4) is 0 Å². The lowest BCUT2D eigenvalue weighted by Crippen LogP contribution is -2.47. The molecular formula is C22H29N3O4S. The number of benzene rings is 2. The molecule has 0 aliphatic rings. The minimum atomic E-state index is -3.73. The molecular weight excluding hydrogens is 402 g/mol. The number of nitrogens with one attached hydrogen (secondary N) is 2. The van der Waals surface area contributed by atoms with Crippen molar-refractivity contribution in [2.75, 3.05) is 15.9 Å². The van der Waals surface area contributed by atoms with Crippen LogP contribution in [-0.4, -0.2) is 38.6 Å². The number of sulfonamides is 1. The minimum Gasteiger partial charge on any atom is -0.350 e. The second-order valence-corrected chi connectivity index (χ2v) is 9.34. The number of carbonyl (C=O) groups is 2. The minimum absolute atomic E-state index is 0.0632. The summed E-state index contributed by atoms with van der Waals surface area (Å²) in [5.74, 6) is -0.818. The number of carbonyl (C=O) groups excluding carboxylic acids is 2. The van der Waals surface area contributed by atoms with Gasteiger partial charge in [0.05, 0.1) is 23.2 Å². The first kappa shape index (κ1) is 23.4. The van der Waals surface area contributed by atoms with Gasteiger partial charge in [0.25, 0.3) is 5.91 Å². The SMILES string of the molecule is CC[C@H](C(=O)Nc1ccccc1C(=O)NC(C)C)N(c1cccc(C)c1)S(C)(=O)=O. The van der Waals surface area contributed by atoms with Crippen molar-refractivity contribution >= 4 is 33.2 Å². The van der Waals surface area contributed by atoms with E-state index in [2.05, 4.69) is 10.6 Å². The summed E-state index contributed by atoms with van der Waals surface area (Å²) < 4.78 is 26.3. The molecule has 2 aromatic rings. The fourth-order valence-corrected chi connectivity index (χ4v) is 4.37. The smallest absolute Gasteiger partial charge is 0.253 e. The standard InChI is InChI=1S/C22H29N3O4S/c1-6-20(25(30(5,28)29)17-11-9-10-16(4)14-17)22(27)24-19-13-8-7-12-18(19)21(26)23-15(2)3/h7-15,20H,6H2,1-5H3,(H,23,26)(H,24,27)/t20-/m1/s1. The van der Waals surface area contributed by atoms with Crippen LogP contribution < -0.4 is 14.9 Å². The maximum absolute atomic E-state index is 13.1. The third kappa shape index (κ3) is 5.82. The fraction of sp³-hybridized carbons (Fsp3) is 0.364. The number of aryl methyl sites for hydroxylation is 1. The summed E-state index contributed by atoms with van der Waals surface area (Å²) in [7, 11) is -3.73. The molecule has 0 fully saturated rings. The van der Waals surface area contributed by atoms with Crippen molar-refractivity contribution in [2.24, 2.45) is 0 Å². The van der Waals surface area contributed by atoms with Gasteiger partial charge in [-0.1, -0.05) is 31.2 Å². The van der Waals surface area contributed by atoms with E-state index in [1.165, 1.54) is 0 Å². The molecule has 0 saturated carbocycles. The van der Waals surface area contributed by atoms with Crippen LogP contribution in [0.4, 0.5) is 11.4 Å². The van der Waals surface area contributed by atoms with Crippen molar-refractivity contribution in [3.8, 4) is 0 Å². The lowest BCUT2D eigenvalue weighted by atomic mass is 10.1. The van der Waals surface area contributed by atoms with Gasteiger partial charge in [0.2, 0.25) is 15.9 Å². The number of para-hydroxylation sites is 1. The molecule has 0 unspecified atom stereocenters. The Kier molecular flexibility index (Phi) is 7.61. The van der Waals surface area contributed by atoms with E-state index < -0.39 is 22.0 Å². The van der Waals surface area contributed by atoms with Gasteiger partial charge in [-0.25, -0.2) is 8.42 Å². The van der Waals surface area contributed by atoms with Gasteiger partial charge < -0.3 is 10.6 Å². The van der Waals surface area contributed by atoms with E-state index in [0.29, 0.717) is 16.9 Å². The molecule has 2 N–H and O–H groups in total. The highest BCUT2D eigenvalue weighted by Crippen LogP contribution is 2.25. The van der Waals surface area contributed by atoms with Gasteiger partial charge in [-0.15, -0.1) is 0 Å². The number of anilines is 2. The van der Waals surface area contributed by atoms with Crippen molar-refractivity contribution < 1.29 is 18.0 Å². The maximum atomic E-state index is 13.1. The molecule has 0 radical (unpaired) electrons. The average molecular weight is 432 g/mol. The van der Waals surface area contributed by atoms with Gasteiger partial charge >= 0.3 is 0 Å². The molecule has 0 saturated heterocycles. The lowest BCUT2D eigenvalue weighted by molar-refractivity contribution is -0.117. The van der Waals surface area contributed by atoms with E-state index in [-0.39, 0.29) is 18.4 Å². The molecule has 162 valence electrons.